The van der Waals surface area contributed by atoms with Gasteiger partial charge < -0.3 is 20.2 Å². The molecule has 0 spiro atoms. The van der Waals surface area contributed by atoms with Crippen molar-refractivity contribution in [3.05, 3.63) is 35.4 Å². The van der Waals surface area contributed by atoms with Crippen LogP contribution in [0.4, 0.5) is 0 Å². The summed E-state index contributed by atoms with van der Waals surface area (Å²) in [7, 11) is -4.64. The van der Waals surface area contributed by atoms with Gasteiger partial charge >= 0.3 is 7.82 Å². The van der Waals surface area contributed by atoms with Gasteiger partial charge in [0.2, 0.25) is 5.91 Å². The van der Waals surface area contributed by atoms with Crippen LogP contribution in [0.15, 0.2) is 24.3 Å². The predicted octanol–water partition coefficient (Wildman–Crippen LogP) is 2.81. The highest BCUT2D eigenvalue weighted by Gasteiger charge is 2.21. The molecule has 4 N–H and O–H groups in total. The van der Waals surface area contributed by atoms with E-state index in [1.165, 1.54) is 0 Å². The maximum Gasteiger partial charge on any atom is 0.469 e. The van der Waals surface area contributed by atoms with Gasteiger partial charge in [-0.15, -0.1) is 0 Å². The molecule has 1 atom stereocenters. The molecule has 0 aliphatic carbocycles. The summed E-state index contributed by atoms with van der Waals surface area (Å²) >= 11 is 0. The number of carbonyl (C=O) groups is 1. The highest BCUT2D eigenvalue weighted by Crippen LogP contribution is 2.37. The Labute approximate surface area is 148 Å². The molecular weight excluding hydrogens is 345 g/mol. The summed E-state index contributed by atoms with van der Waals surface area (Å²) in [6, 6.07) is 6.13. The number of nitrogens with one attached hydrogen (secondary N) is 1. The molecule has 0 aliphatic rings. The average Bonchev–Trinajstić information content (AvgIpc) is 2.57. The molecule has 0 aliphatic heterocycles. The lowest BCUT2D eigenvalue weighted by atomic mass is 10.0. The third-order valence-corrected chi connectivity index (χ3v) is 4.27. The molecule has 0 saturated heterocycles. The summed E-state index contributed by atoms with van der Waals surface area (Å²) in [6.07, 6.45) is 5.48. The Morgan fingerprint density at radius 1 is 1.24 bits per heavy atom. The van der Waals surface area contributed by atoms with Crippen molar-refractivity contribution in [2.75, 3.05) is 6.61 Å². The summed E-state index contributed by atoms with van der Waals surface area (Å²) in [4.78, 5) is 29.9. The lowest BCUT2D eigenvalue weighted by Crippen LogP contribution is -2.31. The summed E-state index contributed by atoms with van der Waals surface area (Å²) in [5, 5.41) is 12.0. The molecule has 25 heavy (non-hydrogen) atoms. The first-order valence-electron chi connectivity index (χ1n) is 8.55. The molecule has 0 saturated carbocycles. The van der Waals surface area contributed by atoms with Crippen LogP contribution in [0, 0.1) is 0 Å². The monoisotopic (exact) mass is 373 g/mol. The van der Waals surface area contributed by atoms with Crippen LogP contribution < -0.4 is 5.32 Å². The van der Waals surface area contributed by atoms with E-state index < -0.39 is 13.9 Å². The molecule has 0 radical (unpaired) electrons. The van der Waals surface area contributed by atoms with E-state index in [9.17, 15) is 14.5 Å². The Balaban J connectivity index is 2.67. The Morgan fingerprint density at radius 2 is 1.96 bits per heavy atom. The van der Waals surface area contributed by atoms with E-state index in [1.807, 2.05) is 0 Å². The van der Waals surface area contributed by atoms with Crippen molar-refractivity contribution < 1.29 is 28.8 Å². The van der Waals surface area contributed by atoms with Crippen molar-refractivity contribution in [3.8, 4) is 0 Å². The van der Waals surface area contributed by atoms with Crippen molar-refractivity contribution in [2.45, 2.75) is 58.1 Å². The van der Waals surface area contributed by atoms with Crippen molar-refractivity contribution >= 4 is 13.7 Å². The fraction of sp³-hybridized carbons (Fsp3) is 0.588. The quantitative estimate of drug-likeness (QED) is 0.331. The Kier molecular flexibility index (Phi) is 9.93. The molecule has 0 fully saturated rings. The minimum atomic E-state index is -4.64. The van der Waals surface area contributed by atoms with Crippen molar-refractivity contribution in [1.29, 1.82) is 0 Å². The molecule has 7 nitrogen and oxygen atoms in total. The van der Waals surface area contributed by atoms with Crippen LogP contribution in [0.1, 0.15) is 62.6 Å². The summed E-state index contributed by atoms with van der Waals surface area (Å²) in [6.45, 7) is 1.62. The number of hydrogen-bond donors (Lipinski definition) is 4. The van der Waals surface area contributed by atoms with Crippen LogP contribution in [0.2, 0.25) is 0 Å². The predicted molar refractivity (Wildman–Crippen MR) is 94.6 cm³/mol. The smallest absolute Gasteiger partial charge is 0.392 e. The maximum absolute atomic E-state index is 12.1. The largest absolute Gasteiger partial charge is 0.469 e. The molecular formula is C17H28NO6P. The fourth-order valence-corrected chi connectivity index (χ4v) is 2.80. The van der Waals surface area contributed by atoms with Gasteiger partial charge in [0.1, 0.15) is 0 Å². The van der Waals surface area contributed by atoms with Crippen LogP contribution in [-0.4, -0.2) is 27.4 Å². The van der Waals surface area contributed by atoms with Gasteiger partial charge in [-0.3, -0.25) is 9.32 Å². The maximum atomic E-state index is 12.1. The Morgan fingerprint density at radius 3 is 2.60 bits per heavy atom. The van der Waals surface area contributed by atoms with Gasteiger partial charge in [0.25, 0.3) is 0 Å². The molecule has 1 rings (SSSR count). The van der Waals surface area contributed by atoms with Gasteiger partial charge in [-0.1, -0.05) is 56.9 Å². The lowest BCUT2D eigenvalue weighted by Gasteiger charge is -2.20. The minimum Gasteiger partial charge on any atom is -0.392 e. The van der Waals surface area contributed by atoms with Gasteiger partial charge in [-0.2, -0.15) is 0 Å². The van der Waals surface area contributed by atoms with Crippen molar-refractivity contribution in [2.24, 2.45) is 0 Å². The number of unbranched alkanes of at least 4 members (excludes halogenated alkanes) is 4. The summed E-state index contributed by atoms with van der Waals surface area (Å²) < 4.78 is 15.5. The molecule has 8 heteroatoms. The third-order valence-electron chi connectivity index (χ3n) is 3.79. The number of rotatable bonds is 12. The van der Waals surface area contributed by atoms with E-state index in [2.05, 4.69) is 16.8 Å². The molecule has 0 aromatic heterocycles. The molecule has 1 aromatic rings. The second-order valence-corrected chi connectivity index (χ2v) is 7.21. The van der Waals surface area contributed by atoms with E-state index in [1.54, 1.807) is 24.3 Å². The van der Waals surface area contributed by atoms with Gasteiger partial charge in [0.05, 0.1) is 19.3 Å². The Hall–Kier alpha value is -1.24. The number of hydrogen-bond acceptors (Lipinski definition) is 4. The van der Waals surface area contributed by atoms with Crippen LogP contribution in [-0.2, 0) is 20.5 Å². The highest BCUT2D eigenvalue weighted by molar-refractivity contribution is 7.46. The lowest BCUT2D eigenvalue weighted by molar-refractivity contribution is -0.122. The zero-order valence-electron chi connectivity index (χ0n) is 14.6. The first-order valence-corrected chi connectivity index (χ1v) is 10.1. The molecule has 142 valence electrons. The summed E-state index contributed by atoms with van der Waals surface area (Å²) in [5.41, 5.74) is 1.27. The third kappa shape index (κ3) is 9.72. The standard InChI is InChI=1S/C17H28NO6P/c1-2-3-4-5-6-10-17(20)18-16(13-24-25(21,22)23)15-9-7-8-14(11-15)12-19/h7-9,11,16,19H,2-6,10,12-13H2,1H3,(H,18,20)(H2,21,22,23). The molecule has 0 heterocycles. The first-order chi connectivity index (χ1) is 11.9. The normalized spacial score (nSPS) is 12.8. The van der Waals surface area contributed by atoms with E-state index in [4.69, 9.17) is 9.79 Å². The number of benzene rings is 1. The van der Waals surface area contributed by atoms with Crippen LogP contribution >= 0.6 is 7.82 Å². The number of carbonyl (C=O) groups excluding carboxylic acids is 1. The van der Waals surface area contributed by atoms with Crippen LogP contribution in [0.5, 0.6) is 0 Å². The highest BCUT2D eigenvalue weighted by atomic mass is 31.2. The van der Waals surface area contributed by atoms with E-state index in [0.29, 0.717) is 17.5 Å². The van der Waals surface area contributed by atoms with Crippen molar-refractivity contribution in [1.82, 2.24) is 5.32 Å². The fourth-order valence-electron chi connectivity index (χ4n) is 2.46. The topological polar surface area (TPSA) is 116 Å². The number of phosphoric ester groups is 1. The second kappa shape index (κ2) is 11.4. The number of phosphoric acid groups is 1. The Bertz CT molecular complexity index is 574. The molecule has 1 amide bonds. The van der Waals surface area contributed by atoms with E-state index in [-0.39, 0.29) is 19.1 Å². The van der Waals surface area contributed by atoms with E-state index >= 15 is 0 Å². The zero-order chi connectivity index (χ0) is 18.7. The number of amides is 1. The minimum absolute atomic E-state index is 0.161. The molecule has 1 aromatic carbocycles. The number of aliphatic hydroxyl groups is 1. The molecule has 1 unspecified atom stereocenters. The van der Waals surface area contributed by atoms with Gasteiger partial charge in [-0.05, 0) is 17.5 Å². The molecule has 0 bridgehead atoms. The van der Waals surface area contributed by atoms with Crippen LogP contribution in [0.3, 0.4) is 0 Å². The van der Waals surface area contributed by atoms with Gasteiger partial charge in [-0.25, -0.2) is 4.57 Å². The van der Waals surface area contributed by atoms with E-state index in [0.717, 1.165) is 32.1 Å². The van der Waals surface area contributed by atoms with Crippen LogP contribution in [0.25, 0.3) is 0 Å². The average molecular weight is 373 g/mol. The first kappa shape index (κ1) is 21.8. The van der Waals surface area contributed by atoms with Gasteiger partial charge in [0.15, 0.2) is 0 Å². The SMILES string of the molecule is CCCCCCCC(=O)NC(COP(=O)(O)O)c1cccc(CO)c1. The van der Waals surface area contributed by atoms with Gasteiger partial charge in [0, 0.05) is 6.42 Å². The summed E-state index contributed by atoms with van der Waals surface area (Å²) in [5.74, 6) is -0.190. The van der Waals surface area contributed by atoms with Crippen molar-refractivity contribution in [3.63, 3.8) is 0 Å². The second-order valence-electron chi connectivity index (χ2n) is 5.97. The zero-order valence-corrected chi connectivity index (χ0v) is 15.5. The number of aliphatic hydroxyl groups excluding tert-OH is 1.